The van der Waals surface area contributed by atoms with Gasteiger partial charge in [0.15, 0.2) is 0 Å². The van der Waals surface area contributed by atoms with E-state index in [1.165, 1.54) is 76.7 Å². The van der Waals surface area contributed by atoms with Crippen molar-refractivity contribution in [3.8, 4) is 5.75 Å². The molecule has 6 heteroatoms. The minimum absolute atomic E-state index is 0.0213. The molecule has 194 valence electrons. The van der Waals surface area contributed by atoms with Crippen molar-refractivity contribution >= 4 is 17.7 Å². The first-order chi connectivity index (χ1) is 17.0. The lowest BCUT2D eigenvalue weighted by Gasteiger charge is -2.11. The molecule has 1 aromatic heterocycles. The zero-order chi connectivity index (χ0) is 25.6. The van der Waals surface area contributed by atoms with E-state index in [-0.39, 0.29) is 12.0 Å². The molecule has 2 rings (SSSR count). The van der Waals surface area contributed by atoms with Gasteiger partial charge in [0.2, 0.25) is 5.56 Å². The topological polar surface area (TPSA) is 105 Å². The van der Waals surface area contributed by atoms with Gasteiger partial charge in [0.25, 0.3) is 0 Å². The van der Waals surface area contributed by atoms with E-state index < -0.39 is 5.97 Å². The highest BCUT2D eigenvalue weighted by Gasteiger charge is 2.05. The van der Waals surface area contributed by atoms with Gasteiger partial charge in [-0.3, -0.25) is 9.59 Å². The Morgan fingerprint density at radius 2 is 1.54 bits per heavy atom. The number of aromatic amines is 1. The average Bonchev–Trinajstić information content (AvgIpc) is 2.84. The van der Waals surface area contributed by atoms with E-state index in [9.17, 15) is 9.59 Å². The highest BCUT2D eigenvalue weighted by Crippen LogP contribution is 2.26. The fraction of sp³-hybridized carbons (Fsp3) is 0.517. The van der Waals surface area contributed by atoms with Crippen molar-refractivity contribution in [3.05, 3.63) is 64.6 Å². The number of unbranched alkanes of at least 4 members (excludes halogenated alkanes) is 11. The van der Waals surface area contributed by atoms with Gasteiger partial charge in [0.05, 0.1) is 13.0 Å². The number of carboxylic acids is 1. The highest BCUT2D eigenvalue weighted by atomic mass is 16.5. The number of carboxylic acid groups (broad SMARTS) is 1. The van der Waals surface area contributed by atoms with Crippen molar-refractivity contribution in [1.29, 1.82) is 0 Å². The van der Waals surface area contributed by atoms with Crippen LogP contribution >= 0.6 is 0 Å². The molecule has 0 saturated heterocycles. The molecule has 0 saturated carbocycles. The molecule has 1 aromatic carbocycles. The molecule has 4 N–H and O–H groups in total. The van der Waals surface area contributed by atoms with Gasteiger partial charge in [-0.2, -0.15) is 0 Å². The lowest BCUT2D eigenvalue weighted by Crippen LogP contribution is -2.01. The number of nitrogen functional groups attached to an aromatic ring is 1. The molecule has 0 radical (unpaired) electrons. The molecular weight excluding hydrogens is 440 g/mol. The number of aromatic nitrogens is 1. The molecule has 0 aliphatic heterocycles. The normalized spacial score (nSPS) is 10.7. The Kier molecular flexibility index (Phi) is 17.5. The predicted octanol–water partition coefficient (Wildman–Crippen LogP) is 7.21. The molecule has 0 aliphatic carbocycles. The fourth-order valence-corrected chi connectivity index (χ4v) is 3.64. The molecule has 0 aliphatic rings. The lowest BCUT2D eigenvalue weighted by atomic mass is 10.1. The Morgan fingerprint density at radius 3 is 2.06 bits per heavy atom. The Labute approximate surface area is 210 Å². The second kappa shape index (κ2) is 20.4. The summed E-state index contributed by atoms with van der Waals surface area (Å²) >= 11 is 0. The van der Waals surface area contributed by atoms with Crippen LogP contribution in [0.4, 0.5) is 5.69 Å². The van der Waals surface area contributed by atoms with E-state index in [4.69, 9.17) is 15.6 Å². The fourth-order valence-electron chi connectivity index (χ4n) is 3.64. The molecule has 1 heterocycles. The second-order valence-corrected chi connectivity index (χ2v) is 8.72. The number of benzene rings is 1. The Bertz CT molecular complexity index is 875. The summed E-state index contributed by atoms with van der Waals surface area (Å²) in [5, 5.41) is 8.75. The van der Waals surface area contributed by atoms with Crippen molar-refractivity contribution in [2.75, 3.05) is 12.3 Å². The van der Waals surface area contributed by atoms with Crippen LogP contribution in [0.5, 0.6) is 5.75 Å². The van der Waals surface area contributed by atoms with Crippen molar-refractivity contribution in [2.45, 2.75) is 90.4 Å². The SMILES string of the molecule is CCCCCCCCCCCCCCOc1cccc(N)c1/C=C/CC(=O)O.O=c1cccc[nH]1. The first-order valence-corrected chi connectivity index (χ1v) is 13.1. The van der Waals surface area contributed by atoms with Crippen LogP contribution in [-0.4, -0.2) is 22.7 Å². The molecule has 0 amide bonds. The molecular formula is C29H44N2O4. The quantitative estimate of drug-likeness (QED) is 0.162. The van der Waals surface area contributed by atoms with Crippen molar-refractivity contribution in [3.63, 3.8) is 0 Å². The minimum Gasteiger partial charge on any atom is -0.493 e. The van der Waals surface area contributed by atoms with Crippen LogP contribution in [0.3, 0.4) is 0 Å². The third kappa shape index (κ3) is 16.3. The Hall–Kier alpha value is -3.02. The average molecular weight is 485 g/mol. The number of nitrogens with two attached hydrogens (primary N) is 1. The number of carbonyl (C=O) groups is 1. The van der Waals surface area contributed by atoms with E-state index in [2.05, 4.69) is 11.9 Å². The summed E-state index contributed by atoms with van der Waals surface area (Å²) in [7, 11) is 0. The summed E-state index contributed by atoms with van der Waals surface area (Å²) in [6, 6.07) is 10.5. The van der Waals surface area contributed by atoms with Crippen LogP contribution in [-0.2, 0) is 4.79 Å². The summed E-state index contributed by atoms with van der Waals surface area (Å²) in [4.78, 5) is 23.3. The molecule has 0 atom stereocenters. The van der Waals surface area contributed by atoms with Crippen LogP contribution in [0.1, 0.15) is 96.0 Å². The van der Waals surface area contributed by atoms with Gasteiger partial charge in [-0.25, -0.2) is 0 Å². The number of aliphatic carboxylic acids is 1. The van der Waals surface area contributed by atoms with Crippen LogP contribution in [0.2, 0.25) is 0 Å². The van der Waals surface area contributed by atoms with Gasteiger partial charge >= 0.3 is 5.97 Å². The number of hydrogen-bond donors (Lipinski definition) is 3. The van der Waals surface area contributed by atoms with E-state index >= 15 is 0 Å². The molecule has 0 bridgehead atoms. The number of rotatable bonds is 17. The van der Waals surface area contributed by atoms with Gasteiger partial charge in [-0.05, 0) is 24.6 Å². The van der Waals surface area contributed by atoms with Crippen LogP contribution < -0.4 is 16.0 Å². The monoisotopic (exact) mass is 484 g/mol. The molecule has 6 nitrogen and oxygen atoms in total. The maximum atomic E-state index is 10.7. The number of H-pyrrole nitrogens is 1. The van der Waals surface area contributed by atoms with Gasteiger partial charge < -0.3 is 20.6 Å². The third-order valence-electron chi connectivity index (χ3n) is 5.61. The van der Waals surface area contributed by atoms with Crippen molar-refractivity contribution < 1.29 is 14.6 Å². The van der Waals surface area contributed by atoms with Gasteiger partial charge in [0.1, 0.15) is 5.75 Å². The molecule has 0 spiro atoms. The van der Waals surface area contributed by atoms with E-state index in [1.807, 2.05) is 12.1 Å². The van der Waals surface area contributed by atoms with Gasteiger partial charge in [-0.15, -0.1) is 0 Å². The van der Waals surface area contributed by atoms with Gasteiger partial charge in [0, 0.05) is 23.5 Å². The minimum atomic E-state index is -0.857. The van der Waals surface area contributed by atoms with E-state index in [1.54, 1.807) is 36.5 Å². The second-order valence-electron chi connectivity index (χ2n) is 8.72. The van der Waals surface area contributed by atoms with Crippen molar-refractivity contribution in [1.82, 2.24) is 4.98 Å². The summed E-state index contributed by atoms with van der Waals surface area (Å²) in [5.41, 5.74) is 7.32. The van der Waals surface area contributed by atoms with Crippen LogP contribution in [0.25, 0.3) is 6.08 Å². The number of ether oxygens (including phenoxy) is 1. The summed E-state index contributed by atoms with van der Waals surface area (Å²) < 4.78 is 5.89. The predicted molar refractivity (Wildman–Crippen MR) is 146 cm³/mol. The number of nitrogens with one attached hydrogen (secondary N) is 1. The Morgan fingerprint density at radius 1 is 0.914 bits per heavy atom. The molecule has 0 fully saturated rings. The van der Waals surface area contributed by atoms with Crippen molar-refractivity contribution in [2.24, 2.45) is 0 Å². The summed E-state index contributed by atoms with van der Waals surface area (Å²) in [6.45, 7) is 2.93. The first kappa shape index (κ1) is 30.0. The van der Waals surface area contributed by atoms with Crippen LogP contribution in [0.15, 0.2) is 53.5 Å². The Balaban J connectivity index is 0.000000744. The zero-order valence-corrected chi connectivity index (χ0v) is 21.3. The molecule has 2 aromatic rings. The maximum absolute atomic E-state index is 10.7. The number of hydrogen-bond acceptors (Lipinski definition) is 4. The number of anilines is 1. The largest absolute Gasteiger partial charge is 0.493 e. The van der Waals surface area contributed by atoms with E-state index in [0.717, 1.165) is 17.7 Å². The summed E-state index contributed by atoms with van der Waals surface area (Å²) in [6.07, 6.45) is 20.7. The zero-order valence-electron chi connectivity index (χ0n) is 21.3. The third-order valence-corrected chi connectivity index (χ3v) is 5.61. The lowest BCUT2D eigenvalue weighted by molar-refractivity contribution is -0.135. The highest BCUT2D eigenvalue weighted by molar-refractivity contribution is 5.74. The van der Waals surface area contributed by atoms with Crippen LogP contribution in [0, 0.1) is 0 Å². The summed E-state index contributed by atoms with van der Waals surface area (Å²) in [5.74, 6) is -0.130. The maximum Gasteiger partial charge on any atom is 0.307 e. The number of pyridine rings is 1. The molecule has 35 heavy (non-hydrogen) atoms. The standard InChI is InChI=1S/C24H39NO3.C5H5NO/c1-2-3-4-5-6-7-8-9-10-11-12-13-20-28-23-18-15-17-22(25)21(23)16-14-19-24(26)27;7-5-3-1-2-4-6-5/h14-18H,2-13,19-20,25H2,1H3,(H,26,27);1-4H,(H,6,7)/b16-14+;. The smallest absolute Gasteiger partial charge is 0.307 e. The van der Waals surface area contributed by atoms with Gasteiger partial charge in [-0.1, -0.05) is 102 Å². The first-order valence-electron chi connectivity index (χ1n) is 13.1. The van der Waals surface area contributed by atoms with E-state index in [0.29, 0.717) is 12.3 Å². The molecule has 0 unspecified atom stereocenters.